The number of ether oxygens (including phenoxy) is 1. The molecule has 0 saturated carbocycles. The van der Waals surface area contributed by atoms with Crippen LogP contribution in [0.15, 0.2) is 30.3 Å². The van der Waals surface area contributed by atoms with Crippen LogP contribution in [-0.2, 0) is 19.1 Å². The van der Waals surface area contributed by atoms with Crippen LogP contribution in [0.3, 0.4) is 0 Å². The molecular weight excluding hydrogens is 294 g/mol. The quantitative estimate of drug-likeness (QED) is 0.596. The molecule has 0 radical (unpaired) electrons. The predicted octanol–water partition coefficient (Wildman–Crippen LogP) is 2.16. The number of ketones is 1. The Labute approximate surface area is 136 Å². The number of esters is 1. The average molecular weight is 317 g/mol. The van der Waals surface area contributed by atoms with Crippen molar-refractivity contribution in [3.63, 3.8) is 0 Å². The van der Waals surface area contributed by atoms with Crippen LogP contribution >= 0.6 is 0 Å². The number of hydrogen-bond donors (Lipinski definition) is 0. The summed E-state index contributed by atoms with van der Waals surface area (Å²) >= 11 is 0. The average Bonchev–Trinajstić information content (AvgIpc) is 3.03. The smallest absolute Gasteiger partial charge is 0.316 e. The molecule has 0 N–H and O–H groups in total. The normalized spacial score (nSPS) is 18.5. The van der Waals surface area contributed by atoms with E-state index >= 15 is 0 Å². The summed E-state index contributed by atoms with van der Waals surface area (Å²) in [6.45, 7) is 4.51. The number of rotatable bonds is 6. The van der Waals surface area contributed by atoms with Crippen LogP contribution in [0.25, 0.3) is 0 Å². The third-order valence-corrected chi connectivity index (χ3v) is 4.25. The highest BCUT2D eigenvalue weighted by molar-refractivity contribution is 6.01. The maximum Gasteiger partial charge on any atom is 0.316 e. The van der Waals surface area contributed by atoms with Gasteiger partial charge in [0.15, 0.2) is 0 Å². The van der Waals surface area contributed by atoms with Crippen molar-refractivity contribution in [1.82, 2.24) is 4.90 Å². The number of hydrogen-bond acceptors (Lipinski definition) is 4. The molecule has 1 aliphatic heterocycles. The molecule has 2 atom stereocenters. The van der Waals surface area contributed by atoms with Crippen LogP contribution in [0.5, 0.6) is 0 Å². The maximum atomic E-state index is 12.4. The lowest BCUT2D eigenvalue weighted by Gasteiger charge is -2.19. The summed E-state index contributed by atoms with van der Waals surface area (Å²) in [5, 5.41) is 0. The number of benzene rings is 1. The summed E-state index contributed by atoms with van der Waals surface area (Å²) in [6.07, 6.45) is 0.801. The van der Waals surface area contributed by atoms with E-state index in [0.29, 0.717) is 19.0 Å². The standard InChI is InChI=1S/C18H23NO4/c1-3-23-18(22)16(13(2)20)11-17(21)19-10-9-15(12-19)14-7-5-4-6-8-14/h4-8,15-16H,3,9-12H2,1-2H3/t15-,16-/m1/s1. The molecule has 0 aliphatic carbocycles. The fourth-order valence-electron chi connectivity index (χ4n) is 2.92. The lowest BCUT2D eigenvalue weighted by Crippen LogP contribution is -2.34. The second kappa shape index (κ2) is 7.90. The molecular formula is C18H23NO4. The summed E-state index contributed by atoms with van der Waals surface area (Å²) in [7, 11) is 0. The molecule has 1 aromatic carbocycles. The topological polar surface area (TPSA) is 63.7 Å². The zero-order valence-electron chi connectivity index (χ0n) is 13.7. The van der Waals surface area contributed by atoms with Crippen LogP contribution in [0.2, 0.25) is 0 Å². The van der Waals surface area contributed by atoms with Crippen molar-refractivity contribution in [2.45, 2.75) is 32.6 Å². The first-order chi connectivity index (χ1) is 11.0. The molecule has 23 heavy (non-hydrogen) atoms. The molecule has 0 unspecified atom stereocenters. The van der Waals surface area contributed by atoms with E-state index in [1.165, 1.54) is 12.5 Å². The molecule has 0 bridgehead atoms. The van der Waals surface area contributed by atoms with Gasteiger partial charge >= 0.3 is 5.97 Å². The molecule has 0 aromatic heterocycles. The van der Waals surface area contributed by atoms with Gasteiger partial charge in [-0.05, 0) is 25.8 Å². The zero-order chi connectivity index (χ0) is 16.8. The number of nitrogens with zero attached hydrogens (tertiary/aromatic N) is 1. The number of carbonyl (C=O) groups is 3. The van der Waals surface area contributed by atoms with Crippen molar-refractivity contribution < 1.29 is 19.1 Å². The summed E-state index contributed by atoms with van der Waals surface area (Å²) in [5.41, 5.74) is 1.22. The van der Waals surface area contributed by atoms with Crippen molar-refractivity contribution in [2.24, 2.45) is 5.92 Å². The van der Waals surface area contributed by atoms with Crippen LogP contribution in [0, 0.1) is 5.92 Å². The lowest BCUT2D eigenvalue weighted by atomic mass is 9.98. The van der Waals surface area contributed by atoms with E-state index in [4.69, 9.17) is 4.74 Å². The molecule has 0 spiro atoms. The molecule has 5 heteroatoms. The Bertz CT molecular complexity index is 570. The third-order valence-electron chi connectivity index (χ3n) is 4.25. The SMILES string of the molecule is CCOC(=O)[C@H](CC(=O)N1CC[C@@H](c2ccccc2)C1)C(C)=O. The van der Waals surface area contributed by atoms with Crippen molar-refractivity contribution in [1.29, 1.82) is 0 Å². The van der Waals surface area contributed by atoms with Crippen LogP contribution in [-0.4, -0.2) is 42.3 Å². The van der Waals surface area contributed by atoms with Crippen LogP contribution in [0.1, 0.15) is 38.2 Å². The third kappa shape index (κ3) is 4.41. The Kier molecular flexibility index (Phi) is 5.90. The van der Waals surface area contributed by atoms with Crippen LogP contribution in [0.4, 0.5) is 0 Å². The number of Topliss-reactive ketones (excluding diaryl/α,β-unsaturated/α-hetero) is 1. The molecule has 124 valence electrons. The summed E-state index contributed by atoms with van der Waals surface area (Å²) in [6, 6.07) is 10.1. The van der Waals surface area contributed by atoms with Gasteiger partial charge in [-0.2, -0.15) is 0 Å². The first-order valence-electron chi connectivity index (χ1n) is 8.02. The van der Waals surface area contributed by atoms with Crippen molar-refractivity contribution >= 4 is 17.7 Å². The summed E-state index contributed by atoms with van der Waals surface area (Å²) < 4.78 is 4.89. The van der Waals surface area contributed by atoms with Crippen molar-refractivity contribution in [2.75, 3.05) is 19.7 Å². The van der Waals surface area contributed by atoms with Gasteiger partial charge in [-0.3, -0.25) is 14.4 Å². The lowest BCUT2D eigenvalue weighted by molar-refractivity contribution is -0.154. The molecule has 5 nitrogen and oxygen atoms in total. The fourth-order valence-corrected chi connectivity index (χ4v) is 2.92. The van der Waals surface area contributed by atoms with Crippen LogP contribution < -0.4 is 0 Å². The molecule has 1 aliphatic rings. The van der Waals surface area contributed by atoms with Gasteiger partial charge in [0.1, 0.15) is 11.7 Å². The zero-order valence-corrected chi connectivity index (χ0v) is 13.7. The van der Waals surface area contributed by atoms with Gasteiger partial charge < -0.3 is 9.64 Å². The van der Waals surface area contributed by atoms with E-state index in [1.807, 2.05) is 18.2 Å². The summed E-state index contributed by atoms with van der Waals surface area (Å²) in [5.74, 6) is -1.75. The Morgan fingerprint density at radius 1 is 1.26 bits per heavy atom. The van der Waals surface area contributed by atoms with E-state index in [0.717, 1.165) is 6.42 Å². The summed E-state index contributed by atoms with van der Waals surface area (Å²) in [4.78, 5) is 37.6. The molecule has 1 heterocycles. The first-order valence-corrected chi connectivity index (χ1v) is 8.02. The second-order valence-electron chi connectivity index (χ2n) is 5.86. The van der Waals surface area contributed by atoms with E-state index in [2.05, 4.69) is 12.1 Å². The highest BCUT2D eigenvalue weighted by Crippen LogP contribution is 2.27. The Morgan fingerprint density at radius 2 is 1.96 bits per heavy atom. The van der Waals surface area contributed by atoms with Gasteiger partial charge in [-0.15, -0.1) is 0 Å². The van der Waals surface area contributed by atoms with Gasteiger partial charge in [-0.25, -0.2) is 0 Å². The number of likely N-dealkylation sites (tertiary alicyclic amines) is 1. The second-order valence-corrected chi connectivity index (χ2v) is 5.86. The minimum absolute atomic E-state index is 0.102. The molecule has 1 saturated heterocycles. The monoisotopic (exact) mass is 317 g/mol. The largest absolute Gasteiger partial charge is 0.465 e. The molecule has 1 fully saturated rings. The van der Waals surface area contributed by atoms with Gasteiger partial charge in [0.25, 0.3) is 0 Å². The van der Waals surface area contributed by atoms with Crippen molar-refractivity contribution in [3.8, 4) is 0 Å². The number of amides is 1. The van der Waals surface area contributed by atoms with E-state index in [-0.39, 0.29) is 24.7 Å². The van der Waals surface area contributed by atoms with Crippen molar-refractivity contribution in [3.05, 3.63) is 35.9 Å². The predicted molar refractivity (Wildman–Crippen MR) is 85.8 cm³/mol. The fraction of sp³-hybridized carbons (Fsp3) is 0.500. The number of carbonyl (C=O) groups excluding carboxylic acids is 3. The van der Waals surface area contributed by atoms with Gasteiger partial charge in [-0.1, -0.05) is 30.3 Å². The van der Waals surface area contributed by atoms with Gasteiger partial charge in [0.05, 0.1) is 6.61 Å². The molecule has 1 amide bonds. The molecule has 2 rings (SSSR count). The Morgan fingerprint density at radius 3 is 2.57 bits per heavy atom. The minimum atomic E-state index is -0.988. The van der Waals surface area contributed by atoms with E-state index in [1.54, 1.807) is 11.8 Å². The van der Waals surface area contributed by atoms with Gasteiger partial charge in [0.2, 0.25) is 5.91 Å². The van der Waals surface area contributed by atoms with Gasteiger partial charge in [0, 0.05) is 25.4 Å². The van der Waals surface area contributed by atoms with E-state index < -0.39 is 11.9 Å². The van der Waals surface area contributed by atoms with E-state index in [9.17, 15) is 14.4 Å². The Balaban J connectivity index is 1.95. The highest BCUT2D eigenvalue weighted by Gasteiger charge is 2.33. The molecule has 1 aromatic rings. The first kappa shape index (κ1) is 17.2. The Hall–Kier alpha value is -2.17. The maximum absolute atomic E-state index is 12.4. The minimum Gasteiger partial charge on any atom is -0.465 e. The highest BCUT2D eigenvalue weighted by atomic mass is 16.5.